The van der Waals surface area contributed by atoms with E-state index in [1.807, 2.05) is 11.8 Å². The van der Waals surface area contributed by atoms with Gasteiger partial charge in [0.2, 0.25) is 0 Å². The summed E-state index contributed by atoms with van der Waals surface area (Å²) in [5.74, 6) is 1.14. The maximum Gasteiger partial charge on any atom is 0.0977 e. The van der Waals surface area contributed by atoms with Crippen LogP contribution < -0.4 is 0 Å². The van der Waals surface area contributed by atoms with Crippen molar-refractivity contribution in [2.45, 2.75) is 19.8 Å². The molecule has 0 bridgehead atoms. The van der Waals surface area contributed by atoms with E-state index in [0.29, 0.717) is 0 Å². The van der Waals surface area contributed by atoms with E-state index in [1.54, 1.807) is 0 Å². The lowest BCUT2D eigenvalue weighted by molar-refractivity contribution is 0.922. The second-order valence-electron chi connectivity index (χ2n) is 3.48. The van der Waals surface area contributed by atoms with Gasteiger partial charge in [-0.15, -0.1) is 11.8 Å². The van der Waals surface area contributed by atoms with Gasteiger partial charge >= 0.3 is 0 Å². The van der Waals surface area contributed by atoms with Crippen molar-refractivity contribution in [2.24, 2.45) is 4.99 Å². The van der Waals surface area contributed by atoms with Gasteiger partial charge in [-0.3, -0.25) is 4.99 Å². The van der Waals surface area contributed by atoms with E-state index < -0.39 is 0 Å². The molecule has 74 valence electrons. The van der Waals surface area contributed by atoms with Gasteiger partial charge in [-0.05, 0) is 12.0 Å². The maximum atomic E-state index is 4.46. The Labute approximate surface area is 89.6 Å². The number of aryl methyl sites for hydroxylation is 1. The summed E-state index contributed by atoms with van der Waals surface area (Å²) in [5.41, 5.74) is 2.72. The summed E-state index contributed by atoms with van der Waals surface area (Å²) in [7, 11) is 0. The Morgan fingerprint density at radius 3 is 2.64 bits per heavy atom. The molecule has 0 N–H and O–H groups in total. The van der Waals surface area contributed by atoms with Crippen LogP contribution in [0.3, 0.4) is 0 Å². The van der Waals surface area contributed by atoms with Crippen molar-refractivity contribution in [2.75, 3.05) is 12.3 Å². The van der Waals surface area contributed by atoms with E-state index in [9.17, 15) is 0 Å². The molecule has 0 saturated heterocycles. The van der Waals surface area contributed by atoms with Crippen LogP contribution in [0.5, 0.6) is 0 Å². The minimum atomic E-state index is 0.983. The fraction of sp³-hybridized carbons (Fsp3) is 0.417. The molecule has 14 heavy (non-hydrogen) atoms. The molecule has 0 aliphatic carbocycles. The van der Waals surface area contributed by atoms with Crippen LogP contribution in [0.1, 0.15) is 24.5 Å². The van der Waals surface area contributed by atoms with E-state index >= 15 is 0 Å². The van der Waals surface area contributed by atoms with E-state index in [-0.39, 0.29) is 0 Å². The number of hydrogen-bond acceptors (Lipinski definition) is 2. The van der Waals surface area contributed by atoms with Gasteiger partial charge in [0.25, 0.3) is 0 Å². The molecule has 0 radical (unpaired) electrons. The maximum absolute atomic E-state index is 4.46. The van der Waals surface area contributed by atoms with Gasteiger partial charge in [0.15, 0.2) is 0 Å². The van der Waals surface area contributed by atoms with E-state index in [0.717, 1.165) is 12.3 Å². The van der Waals surface area contributed by atoms with Crippen molar-refractivity contribution in [3.05, 3.63) is 35.4 Å². The molecule has 0 fully saturated rings. The summed E-state index contributed by atoms with van der Waals surface area (Å²) in [6, 6.07) is 8.84. The molecule has 2 rings (SSSR count). The molecule has 1 nitrogen and oxygen atoms in total. The molecular weight excluding hydrogens is 190 g/mol. The molecule has 0 amide bonds. The monoisotopic (exact) mass is 205 g/mol. The Morgan fingerprint density at radius 2 is 2.07 bits per heavy atom. The minimum Gasteiger partial charge on any atom is -0.277 e. The quantitative estimate of drug-likeness (QED) is 0.738. The fourth-order valence-corrected chi connectivity index (χ4v) is 2.47. The molecule has 1 heterocycles. The molecule has 0 saturated carbocycles. The first kappa shape index (κ1) is 9.78. The third kappa shape index (κ3) is 2.18. The number of benzene rings is 1. The number of aliphatic imine (C=N–C) groups is 1. The van der Waals surface area contributed by atoms with Crippen LogP contribution in [0.25, 0.3) is 0 Å². The van der Waals surface area contributed by atoms with E-state index in [4.69, 9.17) is 0 Å². The van der Waals surface area contributed by atoms with Crippen molar-refractivity contribution in [1.29, 1.82) is 0 Å². The van der Waals surface area contributed by atoms with Gasteiger partial charge < -0.3 is 0 Å². The van der Waals surface area contributed by atoms with E-state index in [2.05, 4.69) is 36.2 Å². The van der Waals surface area contributed by atoms with Gasteiger partial charge in [0, 0.05) is 17.9 Å². The fourth-order valence-electron chi connectivity index (χ4n) is 1.61. The zero-order chi connectivity index (χ0) is 9.80. The second-order valence-corrected chi connectivity index (χ2v) is 4.57. The van der Waals surface area contributed by atoms with Crippen LogP contribution in [-0.4, -0.2) is 17.3 Å². The summed E-state index contributed by atoms with van der Waals surface area (Å²) in [4.78, 5) is 4.46. The third-order valence-electron chi connectivity index (χ3n) is 2.33. The average molecular weight is 205 g/mol. The highest BCUT2D eigenvalue weighted by Crippen LogP contribution is 2.19. The highest BCUT2D eigenvalue weighted by molar-refractivity contribution is 8.14. The van der Waals surface area contributed by atoms with Crippen LogP contribution in [0.15, 0.2) is 29.3 Å². The summed E-state index contributed by atoms with van der Waals surface area (Å²) in [5, 5.41) is 1.22. The third-order valence-corrected chi connectivity index (χ3v) is 3.35. The molecule has 2 heteroatoms. The predicted octanol–water partition coefficient (Wildman–Crippen LogP) is 3.13. The Kier molecular flexibility index (Phi) is 3.25. The van der Waals surface area contributed by atoms with Crippen LogP contribution >= 0.6 is 11.8 Å². The zero-order valence-electron chi connectivity index (χ0n) is 8.49. The van der Waals surface area contributed by atoms with Crippen molar-refractivity contribution in [3.8, 4) is 0 Å². The van der Waals surface area contributed by atoms with Gasteiger partial charge in [-0.1, -0.05) is 37.6 Å². The van der Waals surface area contributed by atoms with Crippen LogP contribution in [0, 0.1) is 0 Å². The van der Waals surface area contributed by atoms with Gasteiger partial charge in [-0.25, -0.2) is 0 Å². The molecule has 1 aliphatic rings. The Hall–Kier alpha value is -0.760. The summed E-state index contributed by atoms with van der Waals surface area (Å²) >= 11 is 1.86. The standard InChI is InChI=1S/C12H15NS/c1-2-3-10-4-6-11(7-5-10)12-13-8-9-14-12/h4-7H,2-3,8-9H2,1H3. The lowest BCUT2D eigenvalue weighted by Crippen LogP contribution is -1.92. The topological polar surface area (TPSA) is 12.4 Å². The molecule has 0 aromatic heterocycles. The Balaban J connectivity index is 2.13. The second kappa shape index (κ2) is 4.65. The Bertz CT molecular complexity index is 327. The molecule has 0 unspecified atom stereocenters. The largest absolute Gasteiger partial charge is 0.277 e. The van der Waals surface area contributed by atoms with Crippen molar-refractivity contribution < 1.29 is 0 Å². The smallest absolute Gasteiger partial charge is 0.0977 e. The molecule has 0 atom stereocenters. The molecule has 1 aromatic rings. The van der Waals surface area contributed by atoms with Crippen LogP contribution in [0.2, 0.25) is 0 Å². The minimum absolute atomic E-state index is 0.983. The average Bonchev–Trinajstić information content (AvgIpc) is 2.72. The number of thioether (sulfide) groups is 1. The van der Waals surface area contributed by atoms with Crippen LogP contribution in [-0.2, 0) is 6.42 Å². The van der Waals surface area contributed by atoms with Gasteiger partial charge in [0.05, 0.1) is 5.04 Å². The first-order valence-corrected chi connectivity index (χ1v) is 6.15. The molecule has 0 spiro atoms. The molecular formula is C12H15NS. The van der Waals surface area contributed by atoms with Crippen molar-refractivity contribution >= 4 is 16.8 Å². The van der Waals surface area contributed by atoms with E-state index in [1.165, 1.54) is 29.0 Å². The molecule has 1 aliphatic heterocycles. The Morgan fingerprint density at radius 1 is 1.29 bits per heavy atom. The number of hydrogen-bond donors (Lipinski definition) is 0. The van der Waals surface area contributed by atoms with Crippen molar-refractivity contribution in [3.63, 3.8) is 0 Å². The first-order valence-electron chi connectivity index (χ1n) is 5.16. The summed E-state index contributed by atoms with van der Waals surface area (Å²) < 4.78 is 0. The lowest BCUT2D eigenvalue weighted by Gasteiger charge is -2.02. The summed E-state index contributed by atoms with van der Waals surface area (Å²) in [6.45, 7) is 3.20. The SMILES string of the molecule is CCCc1ccc(C2=NCCS2)cc1. The first-order chi connectivity index (χ1) is 6.90. The normalized spacial score (nSPS) is 15.6. The van der Waals surface area contributed by atoms with Crippen molar-refractivity contribution in [1.82, 2.24) is 0 Å². The highest BCUT2D eigenvalue weighted by atomic mass is 32.2. The number of nitrogens with zero attached hydrogens (tertiary/aromatic N) is 1. The zero-order valence-corrected chi connectivity index (χ0v) is 9.31. The number of rotatable bonds is 3. The highest BCUT2D eigenvalue weighted by Gasteiger charge is 2.08. The summed E-state index contributed by atoms with van der Waals surface area (Å²) in [6.07, 6.45) is 2.40. The van der Waals surface area contributed by atoms with Gasteiger partial charge in [0.1, 0.15) is 0 Å². The van der Waals surface area contributed by atoms with Crippen LogP contribution in [0.4, 0.5) is 0 Å². The predicted molar refractivity (Wildman–Crippen MR) is 64.3 cm³/mol. The molecule has 1 aromatic carbocycles. The lowest BCUT2D eigenvalue weighted by atomic mass is 10.1. The van der Waals surface area contributed by atoms with Gasteiger partial charge in [-0.2, -0.15) is 0 Å².